The minimum absolute atomic E-state index is 0.0586. The maximum atomic E-state index is 9.97. The van der Waals surface area contributed by atoms with Crippen molar-refractivity contribution in [1.82, 2.24) is 0 Å². The molecule has 3 aromatic carbocycles. The van der Waals surface area contributed by atoms with Gasteiger partial charge < -0.3 is 21.3 Å². The second-order valence-corrected chi connectivity index (χ2v) is 4.88. The number of aromatic hydroxyl groups is 1. The van der Waals surface area contributed by atoms with Gasteiger partial charge in [0.2, 0.25) is 0 Å². The van der Waals surface area contributed by atoms with Gasteiger partial charge in [0.1, 0.15) is 22.9 Å². The molecule has 0 saturated carbocycles. The summed E-state index contributed by atoms with van der Waals surface area (Å²) in [5.74, 6) is 1.03. The van der Waals surface area contributed by atoms with Gasteiger partial charge in [0, 0.05) is 5.56 Å². The molecule has 0 aromatic heterocycles. The Labute approximate surface area is 128 Å². The number of nitrogen functional groups attached to an aromatic ring is 2. The van der Waals surface area contributed by atoms with Crippen LogP contribution in [0.15, 0.2) is 66.7 Å². The summed E-state index contributed by atoms with van der Waals surface area (Å²) in [5.41, 5.74) is 13.8. The van der Waals surface area contributed by atoms with Gasteiger partial charge in [0.25, 0.3) is 0 Å². The quantitative estimate of drug-likeness (QED) is 0.503. The van der Waals surface area contributed by atoms with Crippen LogP contribution in [0.25, 0.3) is 11.1 Å². The molecule has 0 amide bonds. The molecule has 0 saturated heterocycles. The molecule has 0 atom stereocenters. The van der Waals surface area contributed by atoms with E-state index in [9.17, 15) is 5.11 Å². The van der Waals surface area contributed by atoms with E-state index in [-0.39, 0.29) is 17.1 Å². The van der Waals surface area contributed by atoms with Crippen LogP contribution in [0.2, 0.25) is 0 Å². The molecule has 0 fully saturated rings. The van der Waals surface area contributed by atoms with Crippen molar-refractivity contribution < 1.29 is 9.84 Å². The van der Waals surface area contributed by atoms with E-state index in [4.69, 9.17) is 16.2 Å². The minimum atomic E-state index is -0.0586. The first-order valence-corrected chi connectivity index (χ1v) is 6.86. The summed E-state index contributed by atoms with van der Waals surface area (Å²) in [6, 6.07) is 20.4. The lowest BCUT2D eigenvalue weighted by Crippen LogP contribution is -2.00. The fraction of sp³-hybridized carbons (Fsp3) is 0. The molecule has 3 rings (SSSR count). The Morgan fingerprint density at radius 2 is 1.36 bits per heavy atom. The zero-order valence-electron chi connectivity index (χ0n) is 11.9. The van der Waals surface area contributed by atoms with E-state index >= 15 is 0 Å². The van der Waals surface area contributed by atoms with Crippen molar-refractivity contribution in [3.05, 3.63) is 66.7 Å². The lowest BCUT2D eigenvalue weighted by molar-refractivity contribution is 0.470. The summed E-state index contributed by atoms with van der Waals surface area (Å²) in [6.07, 6.45) is 0. The maximum absolute atomic E-state index is 9.97. The highest BCUT2D eigenvalue weighted by atomic mass is 16.5. The summed E-state index contributed by atoms with van der Waals surface area (Å²) in [7, 11) is 0. The number of benzene rings is 3. The Kier molecular flexibility index (Phi) is 3.58. The first-order chi connectivity index (χ1) is 10.7. The van der Waals surface area contributed by atoms with Crippen molar-refractivity contribution >= 4 is 11.4 Å². The highest BCUT2D eigenvalue weighted by molar-refractivity contribution is 5.88. The molecule has 3 aromatic rings. The molecule has 5 N–H and O–H groups in total. The fourth-order valence-corrected chi connectivity index (χ4v) is 2.23. The molecule has 0 bridgehead atoms. The predicted molar refractivity (Wildman–Crippen MR) is 88.9 cm³/mol. The Morgan fingerprint density at radius 3 is 2.00 bits per heavy atom. The number of ether oxygens (including phenoxy) is 1. The van der Waals surface area contributed by atoms with E-state index in [1.807, 2.05) is 60.7 Å². The number of rotatable bonds is 3. The predicted octanol–water partition coefficient (Wildman–Crippen LogP) is 4.02. The van der Waals surface area contributed by atoms with Gasteiger partial charge in [-0.05, 0) is 23.8 Å². The summed E-state index contributed by atoms with van der Waals surface area (Å²) in [4.78, 5) is 0. The highest BCUT2D eigenvalue weighted by Crippen LogP contribution is 2.45. The van der Waals surface area contributed by atoms with Crippen molar-refractivity contribution in [2.75, 3.05) is 11.5 Å². The molecule has 0 aliphatic heterocycles. The number of hydrogen-bond donors (Lipinski definition) is 3. The number of phenolic OH excluding ortho intramolecular Hbond substituents is 1. The maximum Gasteiger partial charge on any atom is 0.160 e. The highest BCUT2D eigenvalue weighted by Gasteiger charge is 2.17. The molecule has 0 heterocycles. The Balaban J connectivity index is 2.16. The SMILES string of the molecule is Nc1c(O)cc(-c2ccccc2)c(Oc2ccccc2)c1N. The van der Waals surface area contributed by atoms with E-state index in [1.54, 1.807) is 6.07 Å². The topological polar surface area (TPSA) is 81.5 Å². The molecule has 0 radical (unpaired) electrons. The Hall–Kier alpha value is -3.14. The van der Waals surface area contributed by atoms with Gasteiger partial charge in [-0.2, -0.15) is 0 Å². The second kappa shape index (κ2) is 5.69. The third kappa shape index (κ3) is 2.54. The molecular formula is C18H16N2O2. The normalized spacial score (nSPS) is 10.4. The molecule has 0 spiro atoms. The third-order valence-corrected chi connectivity index (χ3v) is 3.38. The smallest absolute Gasteiger partial charge is 0.160 e. The second-order valence-electron chi connectivity index (χ2n) is 4.88. The van der Waals surface area contributed by atoms with Crippen LogP contribution >= 0.6 is 0 Å². The molecule has 0 unspecified atom stereocenters. The van der Waals surface area contributed by atoms with E-state index in [1.165, 1.54) is 0 Å². The van der Waals surface area contributed by atoms with Crippen LogP contribution in [0, 0.1) is 0 Å². The molecule has 22 heavy (non-hydrogen) atoms. The van der Waals surface area contributed by atoms with Gasteiger partial charge in [-0.15, -0.1) is 0 Å². The van der Waals surface area contributed by atoms with Crippen LogP contribution in [0.4, 0.5) is 11.4 Å². The number of phenols is 1. The summed E-state index contributed by atoms with van der Waals surface area (Å²) < 4.78 is 5.91. The Bertz CT molecular complexity index is 787. The van der Waals surface area contributed by atoms with Crippen LogP contribution in [0.3, 0.4) is 0 Å². The van der Waals surface area contributed by atoms with Crippen LogP contribution < -0.4 is 16.2 Å². The summed E-state index contributed by atoms with van der Waals surface area (Å²) >= 11 is 0. The zero-order chi connectivity index (χ0) is 15.5. The number of hydrogen-bond acceptors (Lipinski definition) is 4. The van der Waals surface area contributed by atoms with Gasteiger partial charge in [-0.25, -0.2) is 0 Å². The molecule has 4 nitrogen and oxygen atoms in total. The largest absolute Gasteiger partial charge is 0.506 e. The molecule has 0 aliphatic carbocycles. The molecule has 110 valence electrons. The van der Waals surface area contributed by atoms with Crippen LogP contribution in [-0.2, 0) is 0 Å². The fourth-order valence-electron chi connectivity index (χ4n) is 2.23. The van der Waals surface area contributed by atoms with Gasteiger partial charge in [0.05, 0.1) is 0 Å². The van der Waals surface area contributed by atoms with Crippen molar-refractivity contribution in [1.29, 1.82) is 0 Å². The van der Waals surface area contributed by atoms with E-state index in [0.717, 1.165) is 5.56 Å². The van der Waals surface area contributed by atoms with Crippen molar-refractivity contribution in [2.24, 2.45) is 0 Å². The van der Waals surface area contributed by atoms with Crippen molar-refractivity contribution in [3.8, 4) is 28.4 Å². The number of para-hydroxylation sites is 1. The van der Waals surface area contributed by atoms with E-state index in [2.05, 4.69) is 0 Å². The molecular weight excluding hydrogens is 276 g/mol. The monoisotopic (exact) mass is 292 g/mol. The van der Waals surface area contributed by atoms with Crippen LogP contribution in [-0.4, -0.2) is 5.11 Å². The van der Waals surface area contributed by atoms with Gasteiger partial charge in [-0.1, -0.05) is 48.5 Å². The lowest BCUT2D eigenvalue weighted by atomic mass is 10.0. The Morgan fingerprint density at radius 1 is 0.773 bits per heavy atom. The average Bonchev–Trinajstić information content (AvgIpc) is 2.57. The van der Waals surface area contributed by atoms with Crippen molar-refractivity contribution in [3.63, 3.8) is 0 Å². The molecule has 4 heteroatoms. The summed E-state index contributed by atoms with van der Waals surface area (Å²) in [5, 5.41) is 9.97. The van der Waals surface area contributed by atoms with Gasteiger partial charge >= 0.3 is 0 Å². The standard InChI is InChI=1S/C18H16N2O2/c19-16-15(21)11-14(12-7-3-1-4-8-12)18(17(16)20)22-13-9-5-2-6-10-13/h1-11,21H,19-20H2. The first-order valence-electron chi connectivity index (χ1n) is 6.86. The number of nitrogens with two attached hydrogens (primary N) is 2. The average molecular weight is 292 g/mol. The molecule has 0 aliphatic rings. The van der Waals surface area contributed by atoms with Crippen LogP contribution in [0.1, 0.15) is 0 Å². The van der Waals surface area contributed by atoms with Gasteiger partial charge in [-0.3, -0.25) is 0 Å². The first kappa shape index (κ1) is 13.8. The number of anilines is 2. The van der Waals surface area contributed by atoms with E-state index < -0.39 is 0 Å². The zero-order valence-corrected chi connectivity index (χ0v) is 11.9. The van der Waals surface area contributed by atoms with E-state index in [0.29, 0.717) is 17.1 Å². The lowest BCUT2D eigenvalue weighted by Gasteiger charge is -2.16. The third-order valence-electron chi connectivity index (χ3n) is 3.38. The minimum Gasteiger partial charge on any atom is -0.506 e. The van der Waals surface area contributed by atoms with Crippen molar-refractivity contribution in [2.45, 2.75) is 0 Å². The van der Waals surface area contributed by atoms with Gasteiger partial charge in [0.15, 0.2) is 5.75 Å². The van der Waals surface area contributed by atoms with Crippen LogP contribution in [0.5, 0.6) is 17.2 Å². The summed E-state index contributed by atoms with van der Waals surface area (Å²) in [6.45, 7) is 0.